The molecular formula is C10H16N2OS. The van der Waals surface area contributed by atoms with E-state index in [1.165, 1.54) is 4.88 Å². The Hall–Kier alpha value is -0.450. The van der Waals surface area contributed by atoms with E-state index < -0.39 is 5.60 Å². The Morgan fingerprint density at radius 3 is 3.21 bits per heavy atom. The Morgan fingerprint density at radius 1 is 1.79 bits per heavy atom. The predicted octanol–water partition coefficient (Wildman–Crippen LogP) is 1.54. The van der Waals surface area contributed by atoms with Crippen LogP contribution in [-0.2, 0) is 6.54 Å². The summed E-state index contributed by atoms with van der Waals surface area (Å²) in [6.45, 7) is 2.75. The number of aliphatic hydroxyl groups is 1. The molecule has 2 atom stereocenters. The molecular weight excluding hydrogens is 196 g/mol. The van der Waals surface area contributed by atoms with Gasteiger partial charge in [0.15, 0.2) is 0 Å². The Bertz CT molecular complexity index is 284. The largest absolute Gasteiger partial charge is 0.389 e. The van der Waals surface area contributed by atoms with Gasteiger partial charge in [0.1, 0.15) is 0 Å². The van der Waals surface area contributed by atoms with Crippen molar-refractivity contribution in [1.82, 2.24) is 10.3 Å². The minimum Gasteiger partial charge on any atom is -0.389 e. The molecule has 1 aliphatic rings. The third-order valence-corrected chi connectivity index (χ3v) is 3.71. The minimum atomic E-state index is -0.523. The molecule has 0 aliphatic heterocycles. The molecule has 0 bridgehead atoms. The second-order valence-electron chi connectivity index (χ2n) is 4.15. The average Bonchev–Trinajstić information content (AvgIpc) is 2.71. The molecule has 0 radical (unpaired) electrons. The van der Waals surface area contributed by atoms with E-state index in [0.717, 1.165) is 25.8 Å². The van der Waals surface area contributed by atoms with Crippen LogP contribution >= 0.6 is 11.3 Å². The summed E-state index contributed by atoms with van der Waals surface area (Å²) in [6.07, 6.45) is 4.98. The average molecular weight is 212 g/mol. The Morgan fingerprint density at radius 2 is 2.64 bits per heavy atom. The summed E-state index contributed by atoms with van der Waals surface area (Å²) in [5.74, 6) is 0. The molecule has 1 saturated carbocycles. The van der Waals surface area contributed by atoms with Crippen LogP contribution in [0.2, 0.25) is 0 Å². The van der Waals surface area contributed by atoms with Crippen LogP contribution in [0.1, 0.15) is 31.1 Å². The lowest BCUT2D eigenvalue weighted by Gasteiger charge is -2.26. The van der Waals surface area contributed by atoms with Crippen LogP contribution in [0, 0.1) is 0 Å². The lowest BCUT2D eigenvalue weighted by atomic mass is 10.0. The van der Waals surface area contributed by atoms with Crippen molar-refractivity contribution >= 4 is 11.3 Å². The van der Waals surface area contributed by atoms with Crippen molar-refractivity contribution in [2.45, 2.75) is 44.4 Å². The van der Waals surface area contributed by atoms with Gasteiger partial charge in [0.05, 0.1) is 11.1 Å². The SMILES string of the molecule is CC1(O)CCCC1NCc1cncs1. The molecule has 1 fully saturated rings. The molecule has 1 aromatic rings. The second kappa shape index (κ2) is 3.96. The number of thiazole rings is 1. The van der Waals surface area contributed by atoms with E-state index in [-0.39, 0.29) is 6.04 Å². The smallest absolute Gasteiger partial charge is 0.0794 e. The fourth-order valence-corrected chi connectivity index (χ4v) is 2.57. The normalized spacial score (nSPS) is 32.3. The highest BCUT2D eigenvalue weighted by atomic mass is 32.1. The maximum atomic E-state index is 10.0. The third kappa shape index (κ3) is 2.13. The lowest BCUT2D eigenvalue weighted by Crippen LogP contribution is -2.43. The number of aromatic nitrogens is 1. The third-order valence-electron chi connectivity index (χ3n) is 2.93. The van der Waals surface area contributed by atoms with Gasteiger partial charge in [-0.25, -0.2) is 0 Å². The summed E-state index contributed by atoms with van der Waals surface area (Å²) in [5.41, 5.74) is 1.31. The molecule has 1 aromatic heterocycles. The first kappa shape index (κ1) is 10.1. The molecule has 3 nitrogen and oxygen atoms in total. The summed E-state index contributed by atoms with van der Waals surface area (Å²) < 4.78 is 0. The Labute approximate surface area is 88.2 Å². The van der Waals surface area contributed by atoms with Crippen LogP contribution in [0.5, 0.6) is 0 Å². The Kier molecular flexibility index (Phi) is 2.85. The van der Waals surface area contributed by atoms with E-state index in [1.807, 2.05) is 18.6 Å². The van der Waals surface area contributed by atoms with Crippen molar-refractivity contribution in [1.29, 1.82) is 0 Å². The van der Waals surface area contributed by atoms with Gasteiger partial charge in [-0.1, -0.05) is 0 Å². The first-order valence-electron chi connectivity index (χ1n) is 5.01. The maximum absolute atomic E-state index is 10.0. The maximum Gasteiger partial charge on any atom is 0.0794 e. The standard InChI is InChI=1S/C10H16N2OS/c1-10(13)4-2-3-9(10)12-6-8-5-11-7-14-8/h5,7,9,12-13H,2-4,6H2,1H3. The van der Waals surface area contributed by atoms with E-state index in [2.05, 4.69) is 10.3 Å². The summed E-state index contributed by atoms with van der Waals surface area (Å²) in [6, 6.07) is 0.240. The van der Waals surface area contributed by atoms with Gasteiger partial charge in [-0.05, 0) is 26.2 Å². The fraction of sp³-hybridized carbons (Fsp3) is 0.700. The molecule has 78 valence electrons. The van der Waals surface area contributed by atoms with Crippen LogP contribution in [0.4, 0.5) is 0 Å². The van der Waals surface area contributed by atoms with Gasteiger partial charge in [0.25, 0.3) is 0 Å². The fourth-order valence-electron chi connectivity index (χ4n) is 2.02. The van der Waals surface area contributed by atoms with Gasteiger partial charge in [-0.15, -0.1) is 11.3 Å². The zero-order chi connectivity index (χ0) is 10.0. The first-order chi connectivity index (χ1) is 6.68. The second-order valence-corrected chi connectivity index (χ2v) is 5.12. The molecule has 2 N–H and O–H groups in total. The summed E-state index contributed by atoms with van der Waals surface area (Å²) in [5, 5.41) is 13.4. The molecule has 1 aliphatic carbocycles. The van der Waals surface area contributed by atoms with Crippen molar-refractivity contribution in [3.05, 3.63) is 16.6 Å². The number of hydrogen-bond donors (Lipinski definition) is 2. The van der Waals surface area contributed by atoms with Crippen LogP contribution in [-0.4, -0.2) is 21.7 Å². The minimum absolute atomic E-state index is 0.240. The molecule has 0 spiro atoms. The van der Waals surface area contributed by atoms with Crippen molar-refractivity contribution in [3.8, 4) is 0 Å². The molecule has 4 heteroatoms. The van der Waals surface area contributed by atoms with Crippen molar-refractivity contribution in [2.75, 3.05) is 0 Å². The van der Waals surface area contributed by atoms with Gasteiger partial charge in [-0.3, -0.25) is 4.98 Å². The number of nitrogens with one attached hydrogen (secondary N) is 1. The summed E-state index contributed by atoms with van der Waals surface area (Å²) in [4.78, 5) is 5.25. The topological polar surface area (TPSA) is 45.1 Å². The molecule has 2 unspecified atom stereocenters. The van der Waals surface area contributed by atoms with Crippen molar-refractivity contribution < 1.29 is 5.11 Å². The summed E-state index contributed by atoms with van der Waals surface area (Å²) >= 11 is 1.65. The van der Waals surface area contributed by atoms with Gasteiger partial charge < -0.3 is 10.4 Å². The van der Waals surface area contributed by atoms with E-state index >= 15 is 0 Å². The van der Waals surface area contributed by atoms with Gasteiger partial charge in [-0.2, -0.15) is 0 Å². The van der Waals surface area contributed by atoms with Crippen LogP contribution in [0.3, 0.4) is 0 Å². The van der Waals surface area contributed by atoms with E-state index in [0.29, 0.717) is 0 Å². The van der Waals surface area contributed by atoms with E-state index in [1.54, 1.807) is 11.3 Å². The molecule has 0 aromatic carbocycles. The first-order valence-corrected chi connectivity index (χ1v) is 5.89. The van der Waals surface area contributed by atoms with Crippen LogP contribution in [0.15, 0.2) is 11.7 Å². The zero-order valence-corrected chi connectivity index (χ0v) is 9.18. The van der Waals surface area contributed by atoms with Gasteiger partial charge in [0, 0.05) is 23.7 Å². The predicted molar refractivity (Wildman–Crippen MR) is 57.2 cm³/mol. The highest BCUT2D eigenvalue weighted by Gasteiger charge is 2.36. The monoisotopic (exact) mass is 212 g/mol. The number of hydrogen-bond acceptors (Lipinski definition) is 4. The molecule has 2 rings (SSSR count). The van der Waals surface area contributed by atoms with E-state index in [4.69, 9.17) is 0 Å². The van der Waals surface area contributed by atoms with Gasteiger partial charge in [0.2, 0.25) is 0 Å². The molecule has 0 saturated heterocycles. The van der Waals surface area contributed by atoms with Gasteiger partial charge >= 0.3 is 0 Å². The van der Waals surface area contributed by atoms with Crippen molar-refractivity contribution in [2.24, 2.45) is 0 Å². The number of rotatable bonds is 3. The summed E-state index contributed by atoms with van der Waals surface area (Å²) in [7, 11) is 0. The zero-order valence-electron chi connectivity index (χ0n) is 8.36. The highest BCUT2D eigenvalue weighted by Crippen LogP contribution is 2.29. The quantitative estimate of drug-likeness (QED) is 0.799. The number of nitrogens with zero attached hydrogens (tertiary/aromatic N) is 1. The highest BCUT2D eigenvalue weighted by molar-refractivity contribution is 7.09. The lowest BCUT2D eigenvalue weighted by molar-refractivity contribution is 0.0388. The van der Waals surface area contributed by atoms with E-state index in [9.17, 15) is 5.11 Å². The van der Waals surface area contributed by atoms with Crippen LogP contribution < -0.4 is 5.32 Å². The van der Waals surface area contributed by atoms with Crippen molar-refractivity contribution in [3.63, 3.8) is 0 Å². The molecule has 1 heterocycles. The van der Waals surface area contributed by atoms with Crippen LogP contribution in [0.25, 0.3) is 0 Å². The Balaban J connectivity index is 1.86. The molecule has 0 amide bonds. The molecule has 14 heavy (non-hydrogen) atoms.